The van der Waals surface area contributed by atoms with E-state index in [1.807, 2.05) is 30.0 Å². The first-order chi connectivity index (χ1) is 7.96. The fourth-order valence-electron chi connectivity index (χ4n) is 2.18. The van der Waals surface area contributed by atoms with Crippen LogP contribution in [-0.2, 0) is 0 Å². The van der Waals surface area contributed by atoms with Gasteiger partial charge in [0.2, 0.25) is 0 Å². The number of hydrogen-bond acceptors (Lipinski definition) is 2. The van der Waals surface area contributed by atoms with Gasteiger partial charge in [-0.25, -0.2) is 0 Å². The molecule has 1 aromatic carbocycles. The Morgan fingerprint density at radius 1 is 1.29 bits per heavy atom. The highest BCUT2D eigenvalue weighted by Gasteiger charge is 2.28. The normalized spacial score (nSPS) is 23.4. The zero-order valence-electron chi connectivity index (χ0n) is 10.1. The first-order valence-electron chi connectivity index (χ1n) is 5.76. The van der Waals surface area contributed by atoms with Crippen LogP contribution in [0, 0.1) is 5.41 Å². The van der Waals surface area contributed by atoms with Crippen LogP contribution in [0.3, 0.4) is 0 Å². The van der Waals surface area contributed by atoms with E-state index < -0.39 is 0 Å². The third-order valence-corrected chi connectivity index (χ3v) is 5.26. The largest absolute Gasteiger partial charge is 0.381 e. The molecule has 0 saturated carbocycles. The van der Waals surface area contributed by atoms with E-state index in [-0.39, 0.29) is 0 Å². The first kappa shape index (κ1) is 13.4. The van der Waals surface area contributed by atoms with Crippen LogP contribution in [0.1, 0.15) is 20.3 Å². The lowest BCUT2D eigenvalue weighted by Gasteiger charge is -2.35. The smallest absolute Gasteiger partial charge is 0.0612 e. The molecule has 1 aliphatic rings. The lowest BCUT2D eigenvalue weighted by molar-refractivity contribution is 0.358. The van der Waals surface area contributed by atoms with Gasteiger partial charge in [0.05, 0.1) is 10.0 Å². The molecule has 1 fully saturated rings. The summed E-state index contributed by atoms with van der Waals surface area (Å²) in [5.74, 6) is 2.40. The number of hydrogen-bond donors (Lipinski definition) is 1. The average Bonchev–Trinajstić information content (AvgIpc) is 2.22. The van der Waals surface area contributed by atoms with Crippen LogP contribution < -0.4 is 5.32 Å². The molecular formula is C13H17Cl2NS. The molecule has 94 valence electrons. The van der Waals surface area contributed by atoms with Crippen LogP contribution in [0.25, 0.3) is 0 Å². The Labute approximate surface area is 117 Å². The van der Waals surface area contributed by atoms with Crippen LogP contribution in [-0.4, -0.2) is 17.5 Å². The van der Waals surface area contributed by atoms with Crippen molar-refractivity contribution in [3.05, 3.63) is 28.2 Å². The van der Waals surface area contributed by atoms with Gasteiger partial charge in [0.1, 0.15) is 0 Å². The van der Waals surface area contributed by atoms with E-state index in [1.54, 1.807) is 0 Å². The van der Waals surface area contributed by atoms with E-state index in [4.69, 9.17) is 23.2 Å². The number of anilines is 1. The van der Waals surface area contributed by atoms with Gasteiger partial charge in [-0.05, 0) is 35.8 Å². The van der Waals surface area contributed by atoms with Gasteiger partial charge >= 0.3 is 0 Å². The molecule has 1 nitrogen and oxygen atoms in total. The summed E-state index contributed by atoms with van der Waals surface area (Å²) in [5, 5.41) is 4.76. The maximum atomic E-state index is 6.01. The van der Waals surface area contributed by atoms with Crippen molar-refractivity contribution in [1.82, 2.24) is 0 Å². The van der Waals surface area contributed by atoms with Crippen molar-refractivity contribution < 1.29 is 0 Å². The maximum absolute atomic E-state index is 6.01. The molecule has 0 spiro atoms. The van der Waals surface area contributed by atoms with Crippen LogP contribution in [0.2, 0.25) is 10.0 Å². The Morgan fingerprint density at radius 3 is 2.71 bits per heavy atom. The summed E-state index contributed by atoms with van der Waals surface area (Å²) in [4.78, 5) is 0. The third kappa shape index (κ3) is 3.70. The minimum Gasteiger partial charge on any atom is -0.381 e. The van der Waals surface area contributed by atoms with Gasteiger partial charge in [0, 0.05) is 17.5 Å². The Balaban J connectivity index is 2.03. The zero-order valence-corrected chi connectivity index (χ0v) is 12.4. The fourth-order valence-corrected chi connectivity index (χ4v) is 3.75. The monoisotopic (exact) mass is 289 g/mol. The molecule has 2 rings (SSSR count). The second-order valence-electron chi connectivity index (χ2n) is 5.35. The lowest BCUT2D eigenvalue weighted by Crippen LogP contribution is -2.35. The molecule has 1 heterocycles. The Morgan fingerprint density at radius 2 is 2.06 bits per heavy atom. The molecule has 1 unspecified atom stereocenters. The molecule has 17 heavy (non-hydrogen) atoms. The van der Waals surface area contributed by atoms with Crippen molar-refractivity contribution in [2.24, 2.45) is 5.41 Å². The summed E-state index contributed by atoms with van der Waals surface area (Å²) in [6, 6.07) is 6.24. The van der Waals surface area contributed by atoms with E-state index in [0.717, 1.165) is 11.4 Å². The summed E-state index contributed by atoms with van der Waals surface area (Å²) in [7, 11) is 0. The van der Waals surface area contributed by atoms with Crippen molar-refractivity contribution in [3.63, 3.8) is 0 Å². The Hall–Kier alpha value is -0.0500. The van der Waals surface area contributed by atoms with Crippen molar-refractivity contribution in [2.45, 2.75) is 26.3 Å². The molecule has 0 aromatic heterocycles. The molecule has 0 bridgehead atoms. The minimum atomic E-state index is 0.413. The average molecular weight is 290 g/mol. The predicted octanol–water partition coefficient (Wildman–Crippen LogP) is 4.94. The summed E-state index contributed by atoms with van der Waals surface area (Å²) in [6.07, 6.45) is 1.19. The Bertz CT molecular complexity index is 406. The standard InChI is InChI=1S/C13H17Cl2NS/c1-13(2)6-10(7-17-8-13)16-9-3-4-11(14)12(15)5-9/h3-5,10,16H,6-8H2,1-2H3. The number of nitrogens with one attached hydrogen (secondary N) is 1. The summed E-state index contributed by atoms with van der Waals surface area (Å²) in [6.45, 7) is 4.64. The van der Waals surface area contributed by atoms with Crippen molar-refractivity contribution >= 4 is 40.7 Å². The van der Waals surface area contributed by atoms with Crippen molar-refractivity contribution in [1.29, 1.82) is 0 Å². The van der Waals surface area contributed by atoms with Gasteiger partial charge in [0.15, 0.2) is 0 Å². The predicted molar refractivity (Wildman–Crippen MR) is 79.6 cm³/mol. The molecule has 0 radical (unpaired) electrons. The van der Waals surface area contributed by atoms with E-state index >= 15 is 0 Å². The van der Waals surface area contributed by atoms with Gasteiger partial charge in [-0.2, -0.15) is 11.8 Å². The SMILES string of the molecule is CC1(C)CSCC(Nc2ccc(Cl)c(Cl)c2)C1. The number of halogens is 2. The van der Waals surface area contributed by atoms with E-state index in [0.29, 0.717) is 21.5 Å². The van der Waals surface area contributed by atoms with Crippen LogP contribution in [0.15, 0.2) is 18.2 Å². The molecule has 1 saturated heterocycles. The number of rotatable bonds is 2. The van der Waals surface area contributed by atoms with Gasteiger partial charge < -0.3 is 5.32 Å². The molecule has 1 aliphatic heterocycles. The van der Waals surface area contributed by atoms with Crippen LogP contribution in [0.5, 0.6) is 0 Å². The van der Waals surface area contributed by atoms with Gasteiger partial charge in [-0.1, -0.05) is 37.0 Å². The second-order valence-corrected chi connectivity index (χ2v) is 7.20. The highest BCUT2D eigenvalue weighted by molar-refractivity contribution is 7.99. The summed E-state index contributed by atoms with van der Waals surface area (Å²) in [5.41, 5.74) is 1.47. The summed E-state index contributed by atoms with van der Waals surface area (Å²) < 4.78 is 0. The minimum absolute atomic E-state index is 0.413. The zero-order chi connectivity index (χ0) is 12.5. The highest BCUT2D eigenvalue weighted by atomic mass is 35.5. The van der Waals surface area contributed by atoms with Crippen molar-refractivity contribution in [2.75, 3.05) is 16.8 Å². The molecule has 1 atom stereocenters. The molecule has 0 aliphatic carbocycles. The number of benzene rings is 1. The Kier molecular flexibility index (Phi) is 4.17. The first-order valence-corrected chi connectivity index (χ1v) is 7.67. The van der Waals surface area contributed by atoms with E-state index in [1.165, 1.54) is 12.2 Å². The third-order valence-electron chi connectivity index (χ3n) is 2.90. The van der Waals surface area contributed by atoms with Gasteiger partial charge in [-0.15, -0.1) is 0 Å². The molecule has 1 aromatic rings. The van der Waals surface area contributed by atoms with Gasteiger partial charge in [0.25, 0.3) is 0 Å². The highest BCUT2D eigenvalue weighted by Crippen LogP contribution is 2.35. The molecule has 0 amide bonds. The molecule has 4 heteroatoms. The summed E-state index contributed by atoms with van der Waals surface area (Å²) >= 11 is 13.9. The quantitative estimate of drug-likeness (QED) is 0.828. The second kappa shape index (κ2) is 5.29. The van der Waals surface area contributed by atoms with Gasteiger partial charge in [-0.3, -0.25) is 0 Å². The van der Waals surface area contributed by atoms with Crippen LogP contribution in [0.4, 0.5) is 5.69 Å². The van der Waals surface area contributed by atoms with E-state index in [2.05, 4.69) is 19.2 Å². The lowest BCUT2D eigenvalue weighted by atomic mass is 9.88. The van der Waals surface area contributed by atoms with Crippen molar-refractivity contribution in [3.8, 4) is 0 Å². The topological polar surface area (TPSA) is 12.0 Å². The van der Waals surface area contributed by atoms with Crippen LogP contribution >= 0.6 is 35.0 Å². The number of thioether (sulfide) groups is 1. The maximum Gasteiger partial charge on any atom is 0.0612 e. The fraction of sp³-hybridized carbons (Fsp3) is 0.538. The molecule has 1 N–H and O–H groups in total. The molecular weight excluding hydrogens is 273 g/mol. The van der Waals surface area contributed by atoms with E-state index in [9.17, 15) is 0 Å².